The smallest absolute Gasteiger partial charge is 0.0726 e. The maximum Gasteiger partial charge on any atom is 0.0726 e. The Labute approximate surface area is 420 Å². The lowest BCUT2D eigenvalue weighted by atomic mass is 9.70. The van der Waals surface area contributed by atoms with E-state index in [1.165, 1.54) is 111 Å². The second-order valence-electron chi connectivity index (χ2n) is 20.3. The fraction of sp³-hybridized carbons (Fsp3) is 0.0571. The van der Waals surface area contributed by atoms with Crippen molar-refractivity contribution in [1.82, 2.24) is 4.57 Å². The van der Waals surface area contributed by atoms with Crippen molar-refractivity contribution in [3.05, 3.63) is 288 Å². The number of fused-ring (bicyclic) bond motifs is 16. The van der Waals surface area contributed by atoms with Gasteiger partial charge in [-0.2, -0.15) is 0 Å². The molecule has 1 spiro atoms. The molecule has 0 fully saturated rings. The minimum atomic E-state index is -0.532. The van der Waals surface area contributed by atoms with E-state index in [1.54, 1.807) is 0 Å². The topological polar surface area (TPSA) is 8.17 Å². The molecule has 0 radical (unpaired) electrons. The normalized spacial score (nSPS) is 15.2. The number of rotatable bonds is 6. The first kappa shape index (κ1) is 40.9. The van der Waals surface area contributed by atoms with Crippen LogP contribution in [-0.4, -0.2) is 4.57 Å². The third-order valence-corrected chi connectivity index (χ3v) is 16.4. The Morgan fingerprint density at radius 3 is 1.65 bits per heavy atom. The van der Waals surface area contributed by atoms with Gasteiger partial charge < -0.3 is 9.47 Å². The zero-order valence-electron chi connectivity index (χ0n) is 40.1. The number of aromatic nitrogens is 1. The number of hydrogen-bond donors (Lipinski definition) is 0. The van der Waals surface area contributed by atoms with Crippen LogP contribution in [0.3, 0.4) is 0 Å². The number of hydrogen-bond acceptors (Lipinski definition) is 1. The SMILES string of the molecule is CC1(C)c2ccccc2-c2ccc(N(c3cccc(-n4c5ccccc5c5cc(-c6ccccc6)ccc54)c3)c3cccc4c3-c3ccccc3C43c4ccccc4-c4c(-c5ccccc5)cccc43)cc21. The predicted octanol–water partition coefficient (Wildman–Crippen LogP) is 18.2. The molecule has 0 saturated heterocycles. The Morgan fingerprint density at radius 1 is 0.319 bits per heavy atom. The average Bonchev–Trinajstić information content (AvgIpc) is 4.12. The molecule has 0 amide bonds. The van der Waals surface area contributed by atoms with Gasteiger partial charge in [-0.15, -0.1) is 0 Å². The molecule has 1 heterocycles. The largest absolute Gasteiger partial charge is 0.310 e. The van der Waals surface area contributed by atoms with E-state index < -0.39 is 5.41 Å². The molecule has 12 aromatic rings. The second-order valence-corrected chi connectivity index (χ2v) is 20.3. The highest BCUT2D eigenvalue weighted by Gasteiger charge is 2.53. The summed E-state index contributed by atoms with van der Waals surface area (Å²) in [6.07, 6.45) is 0. The Morgan fingerprint density at radius 2 is 0.875 bits per heavy atom. The molecular weight excluding hydrogens is 869 g/mol. The molecule has 15 rings (SSSR count). The van der Waals surface area contributed by atoms with Gasteiger partial charge in [-0.3, -0.25) is 0 Å². The zero-order valence-corrected chi connectivity index (χ0v) is 40.1. The summed E-state index contributed by atoms with van der Waals surface area (Å²) in [6.45, 7) is 4.77. The van der Waals surface area contributed by atoms with Crippen molar-refractivity contribution in [1.29, 1.82) is 0 Å². The van der Waals surface area contributed by atoms with Crippen LogP contribution in [0.2, 0.25) is 0 Å². The van der Waals surface area contributed by atoms with Crippen molar-refractivity contribution < 1.29 is 0 Å². The van der Waals surface area contributed by atoms with E-state index in [-0.39, 0.29) is 5.41 Å². The Bertz CT molecular complexity index is 4190. The van der Waals surface area contributed by atoms with Gasteiger partial charge in [0.15, 0.2) is 0 Å². The summed E-state index contributed by atoms with van der Waals surface area (Å²) in [5.41, 5.74) is 26.9. The molecule has 338 valence electrons. The van der Waals surface area contributed by atoms with Crippen molar-refractivity contribution in [3.63, 3.8) is 0 Å². The molecule has 0 N–H and O–H groups in total. The third kappa shape index (κ3) is 5.55. The van der Waals surface area contributed by atoms with Gasteiger partial charge in [0.1, 0.15) is 0 Å². The van der Waals surface area contributed by atoms with E-state index in [0.717, 1.165) is 22.7 Å². The molecule has 1 unspecified atom stereocenters. The van der Waals surface area contributed by atoms with Crippen molar-refractivity contribution in [2.24, 2.45) is 0 Å². The summed E-state index contributed by atoms with van der Waals surface area (Å²) in [7, 11) is 0. The zero-order chi connectivity index (χ0) is 47.7. The van der Waals surface area contributed by atoms with Gasteiger partial charge in [-0.05, 0) is 138 Å². The summed E-state index contributed by atoms with van der Waals surface area (Å²) in [4.78, 5) is 2.56. The molecule has 1 aromatic heterocycles. The van der Waals surface area contributed by atoms with Crippen LogP contribution in [0.1, 0.15) is 47.2 Å². The minimum Gasteiger partial charge on any atom is -0.310 e. The monoisotopic (exact) mass is 916 g/mol. The fourth-order valence-corrected chi connectivity index (χ4v) is 13.4. The maximum absolute atomic E-state index is 2.56. The second kappa shape index (κ2) is 15.3. The molecule has 0 aliphatic heterocycles. The summed E-state index contributed by atoms with van der Waals surface area (Å²) in [5.74, 6) is 0. The summed E-state index contributed by atoms with van der Waals surface area (Å²) >= 11 is 0. The molecular formula is C70H48N2. The Hall–Kier alpha value is -8.98. The van der Waals surface area contributed by atoms with Crippen molar-refractivity contribution in [3.8, 4) is 61.3 Å². The summed E-state index contributed by atoms with van der Waals surface area (Å²) in [6, 6.07) is 95.4. The summed E-state index contributed by atoms with van der Waals surface area (Å²) < 4.78 is 2.46. The average molecular weight is 917 g/mol. The standard InChI is InChI=1S/C70H48N2/c1-69(2)58-31-13-9-26-52(58)53-40-39-50(44-63(53)69)71(48-24-17-25-49(43-48)72-64-36-16-12-27-54(64)57-42-47(38-41-65(57)72)45-20-5-3-6-21-45)66-37-19-35-62-68(66)56-29-11-15-33-60(56)70(62)59-32-14-10-28-55(59)67-51(30-18-34-61(67)70)46-22-7-4-8-23-46/h3-44H,1-2H3. The first-order valence-electron chi connectivity index (χ1n) is 25.3. The van der Waals surface area contributed by atoms with Gasteiger partial charge in [-0.1, -0.05) is 214 Å². The van der Waals surface area contributed by atoms with Gasteiger partial charge in [0.25, 0.3) is 0 Å². The lowest BCUT2D eigenvalue weighted by Gasteiger charge is -2.32. The molecule has 3 aliphatic rings. The van der Waals surface area contributed by atoms with Gasteiger partial charge in [0, 0.05) is 38.8 Å². The van der Waals surface area contributed by atoms with Crippen LogP contribution in [0.15, 0.2) is 255 Å². The van der Waals surface area contributed by atoms with Crippen molar-refractivity contribution >= 4 is 38.9 Å². The number of nitrogens with zero attached hydrogens (tertiary/aromatic N) is 2. The third-order valence-electron chi connectivity index (χ3n) is 16.4. The fourth-order valence-electron chi connectivity index (χ4n) is 13.4. The van der Waals surface area contributed by atoms with Crippen LogP contribution in [0.25, 0.3) is 83.1 Å². The molecule has 2 nitrogen and oxygen atoms in total. The highest BCUT2D eigenvalue weighted by Crippen LogP contribution is 2.66. The molecule has 0 saturated carbocycles. The molecule has 0 bridgehead atoms. The van der Waals surface area contributed by atoms with E-state index in [0.29, 0.717) is 0 Å². The van der Waals surface area contributed by atoms with Crippen LogP contribution in [0.4, 0.5) is 17.1 Å². The molecule has 3 aliphatic carbocycles. The van der Waals surface area contributed by atoms with Crippen molar-refractivity contribution in [2.45, 2.75) is 24.7 Å². The van der Waals surface area contributed by atoms with E-state index >= 15 is 0 Å². The molecule has 1 atom stereocenters. The minimum absolute atomic E-state index is 0.181. The van der Waals surface area contributed by atoms with Crippen molar-refractivity contribution in [2.75, 3.05) is 4.90 Å². The number of para-hydroxylation sites is 1. The van der Waals surface area contributed by atoms with E-state index in [4.69, 9.17) is 0 Å². The Balaban J connectivity index is 0.991. The van der Waals surface area contributed by atoms with Crippen LogP contribution >= 0.6 is 0 Å². The van der Waals surface area contributed by atoms with E-state index in [1.807, 2.05) is 0 Å². The summed E-state index contributed by atoms with van der Waals surface area (Å²) in [5, 5.41) is 2.48. The van der Waals surface area contributed by atoms with Crippen LogP contribution in [0, 0.1) is 0 Å². The van der Waals surface area contributed by atoms with Crippen LogP contribution in [-0.2, 0) is 10.8 Å². The van der Waals surface area contributed by atoms with Gasteiger partial charge in [-0.25, -0.2) is 0 Å². The predicted molar refractivity (Wildman–Crippen MR) is 300 cm³/mol. The van der Waals surface area contributed by atoms with E-state index in [2.05, 4.69) is 278 Å². The van der Waals surface area contributed by atoms with Crippen LogP contribution in [0.5, 0.6) is 0 Å². The van der Waals surface area contributed by atoms with Gasteiger partial charge >= 0.3 is 0 Å². The molecule has 2 heteroatoms. The highest BCUT2D eigenvalue weighted by molar-refractivity contribution is 6.11. The first-order valence-corrected chi connectivity index (χ1v) is 25.3. The van der Waals surface area contributed by atoms with E-state index in [9.17, 15) is 0 Å². The lowest BCUT2D eigenvalue weighted by molar-refractivity contribution is 0.660. The molecule has 11 aromatic carbocycles. The Kier molecular flexibility index (Phi) is 8.66. The lowest BCUT2D eigenvalue weighted by Crippen LogP contribution is -2.26. The highest BCUT2D eigenvalue weighted by atomic mass is 15.1. The maximum atomic E-state index is 2.56. The number of benzene rings is 11. The van der Waals surface area contributed by atoms with Crippen LogP contribution < -0.4 is 4.90 Å². The number of anilines is 3. The van der Waals surface area contributed by atoms with Gasteiger partial charge in [0.05, 0.1) is 22.1 Å². The molecule has 72 heavy (non-hydrogen) atoms. The van der Waals surface area contributed by atoms with Gasteiger partial charge in [0.2, 0.25) is 0 Å². The quantitative estimate of drug-likeness (QED) is 0.161. The first-order chi connectivity index (χ1) is 35.5.